The number of nitrogens with one attached hydrogen (secondary N) is 1. The quantitative estimate of drug-likeness (QED) is 0.413. The van der Waals surface area contributed by atoms with Gasteiger partial charge in [0.15, 0.2) is 23.1 Å². The largest absolute Gasteiger partial charge is 0.454 e. The lowest BCUT2D eigenvalue weighted by atomic mass is 10.0. The predicted octanol–water partition coefficient (Wildman–Crippen LogP) is 4.16. The van der Waals surface area contributed by atoms with Crippen LogP contribution in [0.5, 0.6) is 11.5 Å². The highest BCUT2D eigenvalue weighted by molar-refractivity contribution is 6.10. The molecule has 33 heavy (non-hydrogen) atoms. The SMILES string of the molecule is Cc1nnc2c(NCc3ccc4c(c3)OCO4)nc3ccc(C(=O)c4ccccc4)cc3n12. The topological polar surface area (TPSA) is 90.6 Å². The van der Waals surface area contributed by atoms with Gasteiger partial charge in [-0.2, -0.15) is 0 Å². The minimum absolute atomic E-state index is 0.0404. The van der Waals surface area contributed by atoms with Crippen molar-refractivity contribution in [3.63, 3.8) is 0 Å². The number of anilines is 1. The Morgan fingerprint density at radius 3 is 2.70 bits per heavy atom. The van der Waals surface area contributed by atoms with Crippen LogP contribution in [0.1, 0.15) is 27.3 Å². The number of ketones is 1. The van der Waals surface area contributed by atoms with E-state index in [-0.39, 0.29) is 12.6 Å². The molecule has 6 rings (SSSR count). The second-order valence-electron chi connectivity index (χ2n) is 7.81. The van der Waals surface area contributed by atoms with Crippen molar-refractivity contribution < 1.29 is 14.3 Å². The molecule has 0 unspecified atom stereocenters. The zero-order valence-electron chi connectivity index (χ0n) is 17.8. The summed E-state index contributed by atoms with van der Waals surface area (Å²) < 4.78 is 12.8. The van der Waals surface area contributed by atoms with Crippen molar-refractivity contribution >= 4 is 28.3 Å². The summed E-state index contributed by atoms with van der Waals surface area (Å²) in [7, 11) is 0. The van der Waals surface area contributed by atoms with Crippen molar-refractivity contribution in [1.29, 1.82) is 0 Å². The highest BCUT2D eigenvalue weighted by Crippen LogP contribution is 2.33. The maximum absolute atomic E-state index is 13.0. The summed E-state index contributed by atoms with van der Waals surface area (Å²) in [5.74, 6) is 2.77. The van der Waals surface area contributed by atoms with Gasteiger partial charge in [0, 0.05) is 17.7 Å². The van der Waals surface area contributed by atoms with Crippen molar-refractivity contribution in [2.75, 3.05) is 12.1 Å². The average molecular weight is 437 g/mol. The number of hydrogen-bond acceptors (Lipinski definition) is 7. The fourth-order valence-corrected chi connectivity index (χ4v) is 4.02. The summed E-state index contributed by atoms with van der Waals surface area (Å²) in [6, 6.07) is 20.6. The summed E-state index contributed by atoms with van der Waals surface area (Å²) in [5.41, 5.74) is 4.38. The van der Waals surface area contributed by atoms with Crippen LogP contribution in [0.3, 0.4) is 0 Å². The zero-order chi connectivity index (χ0) is 22.4. The number of carbonyl (C=O) groups excluding carboxylic acids is 1. The first-order chi connectivity index (χ1) is 16.2. The minimum Gasteiger partial charge on any atom is -0.454 e. The van der Waals surface area contributed by atoms with E-state index in [9.17, 15) is 4.79 Å². The van der Waals surface area contributed by atoms with Gasteiger partial charge in [0.25, 0.3) is 0 Å². The van der Waals surface area contributed by atoms with E-state index >= 15 is 0 Å². The molecule has 0 radical (unpaired) electrons. The number of aryl methyl sites for hydroxylation is 1. The zero-order valence-corrected chi connectivity index (χ0v) is 17.8. The molecule has 8 nitrogen and oxygen atoms in total. The molecule has 5 aromatic rings. The van der Waals surface area contributed by atoms with Gasteiger partial charge in [-0.05, 0) is 42.8 Å². The molecular weight excluding hydrogens is 418 g/mol. The van der Waals surface area contributed by atoms with Crippen LogP contribution < -0.4 is 14.8 Å². The molecule has 1 aliphatic heterocycles. The third-order valence-corrected chi connectivity index (χ3v) is 5.68. The number of fused-ring (bicyclic) bond motifs is 4. The number of aromatic nitrogens is 4. The molecule has 1 aliphatic rings. The molecule has 1 N–H and O–H groups in total. The van der Waals surface area contributed by atoms with Crippen LogP contribution in [0.25, 0.3) is 16.7 Å². The van der Waals surface area contributed by atoms with E-state index in [1.54, 1.807) is 6.07 Å². The van der Waals surface area contributed by atoms with Crippen LogP contribution >= 0.6 is 0 Å². The highest BCUT2D eigenvalue weighted by atomic mass is 16.7. The summed E-state index contributed by atoms with van der Waals surface area (Å²) >= 11 is 0. The predicted molar refractivity (Wildman–Crippen MR) is 123 cm³/mol. The first-order valence-electron chi connectivity index (χ1n) is 10.5. The van der Waals surface area contributed by atoms with Gasteiger partial charge in [-0.15, -0.1) is 10.2 Å². The lowest BCUT2D eigenvalue weighted by Crippen LogP contribution is -2.07. The Morgan fingerprint density at radius 1 is 0.970 bits per heavy atom. The van der Waals surface area contributed by atoms with Gasteiger partial charge in [-0.1, -0.05) is 36.4 Å². The van der Waals surface area contributed by atoms with Crippen molar-refractivity contribution in [2.45, 2.75) is 13.5 Å². The molecule has 0 saturated carbocycles. The van der Waals surface area contributed by atoms with E-state index in [4.69, 9.17) is 14.5 Å². The number of benzene rings is 3. The Labute approximate surface area is 188 Å². The second kappa shape index (κ2) is 7.59. The third kappa shape index (κ3) is 3.32. The van der Waals surface area contributed by atoms with Gasteiger partial charge in [-0.3, -0.25) is 9.20 Å². The van der Waals surface area contributed by atoms with Gasteiger partial charge in [0.2, 0.25) is 12.4 Å². The molecule has 3 heterocycles. The number of carbonyl (C=O) groups is 1. The van der Waals surface area contributed by atoms with E-state index in [2.05, 4.69) is 15.5 Å². The summed E-state index contributed by atoms with van der Waals surface area (Å²) in [5, 5.41) is 11.9. The molecule has 0 fully saturated rings. The summed E-state index contributed by atoms with van der Waals surface area (Å²) in [6.07, 6.45) is 0. The molecule has 0 bridgehead atoms. The van der Waals surface area contributed by atoms with Crippen LogP contribution in [0.4, 0.5) is 5.82 Å². The van der Waals surface area contributed by atoms with Crippen LogP contribution in [0.15, 0.2) is 66.7 Å². The third-order valence-electron chi connectivity index (χ3n) is 5.68. The Morgan fingerprint density at radius 2 is 1.82 bits per heavy atom. The molecule has 0 amide bonds. The number of hydrogen-bond donors (Lipinski definition) is 1. The summed E-state index contributed by atoms with van der Waals surface area (Å²) in [6.45, 7) is 2.65. The summed E-state index contributed by atoms with van der Waals surface area (Å²) in [4.78, 5) is 17.7. The molecular formula is C25H19N5O3. The van der Waals surface area contributed by atoms with Crippen molar-refractivity contribution in [3.8, 4) is 11.5 Å². The first kappa shape index (κ1) is 19.2. The van der Waals surface area contributed by atoms with Gasteiger partial charge in [-0.25, -0.2) is 4.98 Å². The van der Waals surface area contributed by atoms with Crippen LogP contribution in [-0.2, 0) is 6.54 Å². The highest BCUT2D eigenvalue weighted by Gasteiger charge is 2.17. The van der Waals surface area contributed by atoms with Gasteiger partial charge in [0.05, 0.1) is 11.0 Å². The monoisotopic (exact) mass is 437 g/mol. The maximum Gasteiger partial charge on any atom is 0.231 e. The smallest absolute Gasteiger partial charge is 0.231 e. The lowest BCUT2D eigenvalue weighted by Gasteiger charge is -2.11. The molecule has 0 spiro atoms. The molecule has 0 aliphatic carbocycles. The fourth-order valence-electron chi connectivity index (χ4n) is 4.02. The Bertz CT molecular complexity index is 1530. The molecule has 0 atom stereocenters. The van der Waals surface area contributed by atoms with Gasteiger partial charge < -0.3 is 14.8 Å². The second-order valence-corrected chi connectivity index (χ2v) is 7.81. The molecule has 3 aromatic carbocycles. The lowest BCUT2D eigenvalue weighted by molar-refractivity contribution is 0.103. The maximum atomic E-state index is 13.0. The average Bonchev–Trinajstić information content (AvgIpc) is 3.49. The van der Waals surface area contributed by atoms with Crippen molar-refractivity contribution in [3.05, 3.63) is 89.2 Å². The Kier molecular flexibility index (Phi) is 4.43. The fraction of sp³-hybridized carbons (Fsp3) is 0.120. The van der Waals surface area contributed by atoms with E-state index in [1.807, 2.05) is 72.0 Å². The van der Waals surface area contributed by atoms with Crippen molar-refractivity contribution in [1.82, 2.24) is 19.6 Å². The molecule has 162 valence electrons. The molecule has 8 heteroatoms. The Balaban J connectivity index is 1.38. The minimum atomic E-state index is -0.0404. The van der Waals surface area contributed by atoms with Gasteiger partial charge >= 0.3 is 0 Å². The van der Waals surface area contributed by atoms with Crippen LogP contribution in [-0.4, -0.2) is 32.2 Å². The van der Waals surface area contributed by atoms with E-state index in [0.29, 0.717) is 35.0 Å². The Hall–Kier alpha value is -4.46. The molecule has 2 aromatic heterocycles. The van der Waals surface area contributed by atoms with Crippen LogP contribution in [0.2, 0.25) is 0 Å². The van der Waals surface area contributed by atoms with E-state index in [0.717, 1.165) is 28.1 Å². The number of rotatable bonds is 5. The van der Waals surface area contributed by atoms with Crippen LogP contribution in [0, 0.1) is 6.92 Å². The first-order valence-corrected chi connectivity index (χ1v) is 10.5. The van der Waals surface area contributed by atoms with E-state index < -0.39 is 0 Å². The normalized spacial score (nSPS) is 12.4. The number of nitrogens with zero attached hydrogens (tertiary/aromatic N) is 4. The standard InChI is InChI=1S/C25H19N5O3/c1-15-28-29-25-24(26-13-16-7-10-21-22(11-16)33-14-32-21)27-19-9-8-18(12-20(19)30(15)25)23(31)17-5-3-2-4-6-17/h2-12H,13-14H2,1H3,(H,26,27). The van der Waals surface area contributed by atoms with Crippen molar-refractivity contribution in [2.24, 2.45) is 0 Å². The number of ether oxygens (including phenoxy) is 2. The van der Waals surface area contributed by atoms with Gasteiger partial charge in [0.1, 0.15) is 5.82 Å². The molecule has 0 saturated heterocycles. The van der Waals surface area contributed by atoms with E-state index in [1.165, 1.54) is 0 Å².